The minimum absolute atomic E-state index is 0.00494. The molecule has 0 spiro atoms. The molecule has 6 nitrogen and oxygen atoms in total. The fourth-order valence-corrected chi connectivity index (χ4v) is 3.55. The largest absolute Gasteiger partial charge is 0.360 e. The molecule has 1 aliphatic carbocycles. The van der Waals surface area contributed by atoms with Crippen molar-refractivity contribution in [1.82, 2.24) is 15.4 Å². The van der Waals surface area contributed by atoms with E-state index in [2.05, 4.69) is 38.2 Å². The van der Waals surface area contributed by atoms with Crippen LogP contribution in [0.3, 0.4) is 0 Å². The van der Waals surface area contributed by atoms with E-state index >= 15 is 0 Å². The smallest absolute Gasteiger partial charge is 0.276 e. The van der Waals surface area contributed by atoms with Crippen LogP contribution in [0.1, 0.15) is 75.5 Å². The van der Waals surface area contributed by atoms with E-state index in [1.165, 1.54) is 0 Å². The first-order valence-electron chi connectivity index (χ1n) is 9.43. The topological polar surface area (TPSA) is 75.4 Å². The molecule has 2 fully saturated rings. The number of aromatic nitrogens is 1. The molecule has 1 aromatic heterocycles. The first kappa shape index (κ1) is 18.0. The van der Waals surface area contributed by atoms with Gasteiger partial charge in [-0.3, -0.25) is 9.59 Å². The second-order valence-electron chi connectivity index (χ2n) is 8.33. The molecule has 2 atom stereocenters. The Morgan fingerprint density at radius 3 is 2.56 bits per heavy atom. The average Bonchev–Trinajstić information content (AvgIpc) is 3.25. The summed E-state index contributed by atoms with van der Waals surface area (Å²) in [4.78, 5) is 27.4. The maximum atomic E-state index is 13.0. The lowest BCUT2D eigenvalue weighted by atomic mass is 9.94. The highest BCUT2D eigenvalue weighted by Gasteiger charge is 2.39. The van der Waals surface area contributed by atoms with E-state index < -0.39 is 6.04 Å². The van der Waals surface area contributed by atoms with Crippen molar-refractivity contribution in [2.75, 3.05) is 6.54 Å². The summed E-state index contributed by atoms with van der Waals surface area (Å²) in [6.07, 6.45) is 3.71. The molecular weight excluding hydrogens is 318 g/mol. The molecule has 1 aliphatic heterocycles. The van der Waals surface area contributed by atoms with Crippen molar-refractivity contribution in [2.24, 2.45) is 11.8 Å². The number of nitrogens with zero attached hydrogens (tertiary/aromatic N) is 2. The summed E-state index contributed by atoms with van der Waals surface area (Å²) in [5, 5.41) is 7.08. The summed E-state index contributed by atoms with van der Waals surface area (Å²) in [5.74, 6) is 1.75. The van der Waals surface area contributed by atoms with Crippen LogP contribution in [0, 0.1) is 11.8 Å². The van der Waals surface area contributed by atoms with Crippen molar-refractivity contribution >= 4 is 11.8 Å². The van der Waals surface area contributed by atoms with Gasteiger partial charge in [0.15, 0.2) is 5.69 Å². The van der Waals surface area contributed by atoms with Crippen LogP contribution < -0.4 is 5.32 Å². The lowest BCUT2D eigenvalue weighted by molar-refractivity contribution is -0.130. The van der Waals surface area contributed by atoms with Crippen LogP contribution in [0.5, 0.6) is 0 Å². The molecule has 2 unspecified atom stereocenters. The van der Waals surface area contributed by atoms with Crippen molar-refractivity contribution in [2.45, 2.75) is 71.4 Å². The summed E-state index contributed by atoms with van der Waals surface area (Å²) >= 11 is 0. The Hall–Kier alpha value is -1.85. The number of carbonyl (C=O) groups is 2. The number of carbonyl (C=O) groups excluding carboxylic acids is 2. The average molecular weight is 347 g/mol. The Kier molecular flexibility index (Phi) is 5.16. The molecule has 25 heavy (non-hydrogen) atoms. The van der Waals surface area contributed by atoms with Crippen LogP contribution in [0.15, 0.2) is 10.6 Å². The Balaban J connectivity index is 1.80. The zero-order valence-corrected chi connectivity index (χ0v) is 15.6. The van der Waals surface area contributed by atoms with Gasteiger partial charge in [-0.05, 0) is 37.5 Å². The fourth-order valence-electron chi connectivity index (χ4n) is 3.55. The Morgan fingerprint density at radius 2 is 1.96 bits per heavy atom. The first-order chi connectivity index (χ1) is 11.8. The molecule has 2 heterocycles. The van der Waals surface area contributed by atoms with Crippen molar-refractivity contribution in [3.05, 3.63) is 17.5 Å². The summed E-state index contributed by atoms with van der Waals surface area (Å²) in [7, 11) is 0. The Morgan fingerprint density at radius 1 is 1.28 bits per heavy atom. The molecular formula is C19H29N3O3. The molecule has 0 radical (unpaired) electrons. The SMILES string of the molecule is CC(C)CC1CN(C(=O)c2cc(C3CC3)on2)C(CC(C)C)C(=O)N1. The highest BCUT2D eigenvalue weighted by molar-refractivity contribution is 5.97. The van der Waals surface area contributed by atoms with E-state index in [9.17, 15) is 9.59 Å². The van der Waals surface area contributed by atoms with Gasteiger partial charge in [-0.15, -0.1) is 0 Å². The maximum Gasteiger partial charge on any atom is 0.276 e. The normalized spacial score (nSPS) is 24.1. The number of hydrogen-bond donors (Lipinski definition) is 1. The van der Waals surface area contributed by atoms with Gasteiger partial charge in [0.05, 0.1) is 0 Å². The third-order valence-corrected chi connectivity index (χ3v) is 4.88. The van der Waals surface area contributed by atoms with E-state index in [1.54, 1.807) is 11.0 Å². The minimum atomic E-state index is -0.433. The zero-order chi connectivity index (χ0) is 18.1. The maximum absolute atomic E-state index is 13.0. The van der Waals surface area contributed by atoms with Crippen LogP contribution in [-0.2, 0) is 4.79 Å². The lowest BCUT2D eigenvalue weighted by Gasteiger charge is -2.40. The summed E-state index contributed by atoms with van der Waals surface area (Å²) < 4.78 is 5.34. The molecule has 1 saturated carbocycles. The standard InChI is InChI=1S/C19H29N3O3/c1-11(2)7-14-10-22(16(8-12(3)4)18(23)20-14)19(24)15-9-17(25-21-15)13-5-6-13/h9,11-14,16H,5-8,10H2,1-4H3,(H,20,23). The van der Waals surface area contributed by atoms with Gasteiger partial charge in [-0.2, -0.15) is 0 Å². The van der Waals surface area contributed by atoms with Crippen LogP contribution >= 0.6 is 0 Å². The fraction of sp³-hybridized carbons (Fsp3) is 0.737. The van der Waals surface area contributed by atoms with Gasteiger partial charge in [-0.25, -0.2) is 0 Å². The summed E-state index contributed by atoms with van der Waals surface area (Å²) in [5.41, 5.74) is 0.327. The van der Waals surface area contributed by atoms with Gasteiger partial charge in [-0.1, -0.05) is 32.9 Å². The third-order valence-electron chi connectivity index (χ3n) is 4.88. The van der Waals surface area contributed by atoms with E-state index in [0.29, 0.717) is 36.4 Å². The third kappa shape index (κ3) is 4.22. The molecule has 1 aromatic rings. The number of rotatable bonds is 6. The van der Waals surface area contributed by atoms with Gasteiger partial charge in [0.25, 0.3) is 5.91 Å². The van der Waals surface area contributed by atoms with Crippen molar-refractivity contribution in [1.29, 1.82) is 0 Å². The zero-order valence-electron chi connectivity index (χ0n) is 15.6. The van der Waals surface area contributed by atoms with Gasteiger partial charge in [0.1, 0.15) is 11.8 Å². The van der Waals surface area contributed by atoms with Crippen LogP contribution in [0.2, 0.25) is 0 Å². The second-order valence-corrected chi connectivity index (χ2v) is 8.33. The van der Waals surface area contributed by atoms with Gasteiger partial charge < -0.3 is 14.7 Å². The molecule has 1 saturated heterocycles. The van der Waals surface area contributed by atoms with Crippen LogP contribution in [0.4, 0.5) is 0 Å². The number of hydrogen-bond acceptors (Lipinski definition) is 4. The van der Waals surface area contributed by atoms with Crippen LogP contribution in [-0.4, -0.2) is 40.5 Å². The highest BCUT2D eigenvalue weighted by Crippen LogP contribution is 2.40. The van der Waals surface area contributed by atoms with Gasteiger partial charge in [0.2, 0.25) is 5.91 Å². The van der Waals surface area contributed by atoms with Gasteiger partial charge in [0, 0.05) is 24.6 Å². The van der Waals surface area contributed by atoms with Crippen LogP contribution in [0.25, 0.3) is 0 Å². The van der Waals surface area contributed by atoms with E-state index in [4.69, 9.17) is 4.52 Å². The monoisotopic (exact) mass is 347 g/mol. The van der Waals surface area contributed by atoms with E-state index in [1.807, 2.05) is 0 Å². The molecule has 0 aromatic carbocycles. The summed E-state index contributed by atoms with van der Waals surface area (Å²) in [6, 6.07) is 1.32. The molecule has 2 aliphatic rings. The quantitative estimate of drug-likeness (QED) is 0.858. The van der Waals surface area contributed by atoms with Crippen molar-refractivity contribution in [3.63, 3.8) is 0 Å². The predicted octanol–water partition coefficient (Wildman–Crippen LogP) is 2.95. The van der Waals surface area contributed by atoms with E-state index in [-0.39, 0.29) is 17.9 Å². The predicted molar refractivity (Wildman–Crippen MR) is 94.1 cm³/mol. The second kappa shape index (κ2) is 7.18. The number of amides is 2. The molecule has 3 rings (SSSR count). The Labute approximate surface area is 149 Å². The van der Waals surface area contributed by atoms with E-state index in [0.717, 1.165) is 25.0 Å². The number of nitrogens with one attached hydrogen (secondary N) is 1. The molecule has 138 valence electrons. The molecule has 2 amide bonds. The Bertz CT molecular complexity index is 634. The van der Waals surface area contributed by atoms with Gasteiger partial charge >= 0.3 is 0 Å². The molecule has 1 N–H and O–H groups in total. The van der Waals surface area contributed by atoms with Crippen molar-refractivity contribution < 1.29 is 14.1 Å². The molecule has 0 bridgehead atoms. The number of piperazine rings is 1. The highest BCUT2D eigenvalue weighted by atomic mass is 16.5. The minimum Gasteiger partial charge on any atom is -0.360 e. The summed E-state index contributed by atoms with van der Waals surface area (Å²) in [6.45, 7) is 8.91. The lowest BCUT2D eigenvalue weighted by Crippen LogP contribution is -2.62. The first-order valence-corrected chi connectivity index (χ1v) is 9.43. The molecule has 6 heteroatoms. The van der Waals surface area contributed by atoms with Crippen molar-refractivity contribution in [3.8, 4) is 0 Å².